The van der Waals surface area contributed by atoms with E-state index in [0.29, 0.717) is 24.2 Å². The molecule has 0 atom stereocenters. The van der Waals surface area contributed by atoms with Crippen LogP contribution in [0.5, 0.6) is 11.5 Å². The zero-order valence-electron chi connectivity index (χ0n) is 26.1. The highest BCUT2D eigenvalue weighted by Gasteiger charge is 2.19. The molecule has 0 unspecified atom stereocenters. The number of halogens is 3. The van der Waals surface area contributed by atoms with Crippen LogP contribution < -0.4 is 14.9 Å². The molecule has 1 fully saturated rings. The van der Waals surface area contributed by atoms with E-state index in [9.17, 15) is 4.79 Å². The van der Waals surface area contributed by atoms with Gasteiger partial charge in [-0.2, -0.15) is 0 Å². The van der Waals surface area contributed by atoms with Crippen LogP contribution in [0.15, 0.2) is 86.2 Å². The lowest BCUT2D eigenvalue weighted by Gasteiger charge is -2.11. The van der Waals surface area contributed by atoms with Gasteiger partial charge >= 0.3 is 7.12 Å². The van der Waals surface area contributed by atoms with Crippen LogP contribution in [0, 0.1) is 27.7 Å². The van der Waals surface area contributed by atoms with Crippen molar-refractivity contribution in [3.8, 4) is 11.5 Å². The third kappa shape index (κ3) is 12.3. The van der Waals surface area contributed by atoms with Crippen molar-refractivity contribution in [1.29, 1.82) is 0 Å². The average Bonchev–Trinajstić information content (AvgIpc) is 3.56. The molecule has 45 heavy (non-hydrogen) atoms. The molecule has 4 aromatic carbocycles. The standard InChI is InChI=1S/C10H11BrO3.C8H11BO2.C8H7BrO2.C8H9Br/c1-12-9-3-2-7(6-8(9)11)10-13-4-5-14-10;1-6-4-3-5-7(2)8(6)9(10)11;1-11-8-3-2-6(5-10)4-7(8)9;1-6-4-3-5-7(2)8(6)9/h2-3,6,10H,4-5H2,1H3;3-5,10-11H,1-2H3;2-5H,1H3;3-5H,1-2H3. The van der Waals surface area contributed by atoms with Gasteiger partial charge in [-0.25, -0.2) is 0 Å². The van der Waals surface area contributed by atoms with E-state index in [1.54, 1.807) is 32.4 Å². The van der Waals surface area contributed by atoms with Crippen LogP contribution in [-0.2, 0) is 9.47 Å². The number of methoxy groups -OCH3 is 2. The lowest BCUT2D eigenvalue weighted by molar-refractivity contribution is -0.0441. The van der Waals surface area contributed by atoms with Gasteiger partial charge in [0.25, 0.3) is 0 Å². The minimum absolute atomic E-state index is 0.225. The van der Waals surface area contributed by atoms with E-state index in [-0.39, 0.29) is 6.29 Å². The molecule has 1 saturated heterocycles. The molecule has 1 aliphatic rings. The minimum atomic E-state index is -1.35. The highest BCUT2D eigenvalue weighted by Crippen LogP contribution is 2.31. The van der Waals surface area contributed by atoms with Crippen molar-refractivity contribution in [1.82, 2.24) is 0 Å². The van der Waals surface area contributed by atoms with Gasteiger partial charge in [-0.05, 0) is 106 Å². The molecule has 4 aromatic rings. The molecular weight excluding hydrogens is 771 g/mol. The maximum absolute atomic E-state index is 10.3. The van der Waals surface area contributed by atoms with Gasteiger partial charge in [-0.3, -0.25) is 4.79 Å². The van der Waals surface area contributed by atoms with Gasteiger partial charge in [0, 0.05) is 15.6 Å². The SMILES string of the molecule is COc1ccc(C2OCCO2)cc1Br.COc1ccc(C=O)cc1Br.Cc1cccc(C)c1B(O)O.Cc1cccc(C)c1Br. The number of aldehydes is 1. The highest BCUT2D eigenvalue weighted by molar-refractivity contribution is 9.11. The first-order valence-electron chi connectivity index (χ1n) is 13.9. The lowest BCUT2D eigenvalue weighted by atomic mass is 9.74. The molecule has 240 valence electrons. The van der Waals surface area contributed by atoms with Gasteiger partial charge in [-0.15, -0.1) is 0 Å². The fourth-order valence-corrected chi connectivity index (χ4v) is 5.55. The van der Waals surface area contributed by atoms with E-state index in [2.05, 4.69) is 79.8 Å². The third-order valence-electron chi connectivity index (χ3n) is 6.57. The molecule has 5 rings (SSSR count). The fraction of sp³-hybridized carbons (Fsp3) is 0.265. The molecule has 7 nitrogen and oxygen atoms in total. The summed E-state index contributed by atoms with van der Waals surface area (Å²) in [5.74, 6) is 1.54. The number of hydrogen-bond donors (Lipinski definition) is 2. The van der Waals surface area contributed by atoms with E-state index < -0.39 is 7.12 Å². The molecule has 0 bridgehead atoms. The predicted octanol–water partition coefficient (Wildman–Crippen LogP) is 7.82. The van der Waals surface area contributed by atoms with E-state index in [0.717, 1.165) is 43.4 Å². The number of aryl methyl sites for hydroxylation is 4. The molecule has 0 aromatic heterocycles. The Kier molecular flexibility index (Phi) is 17.1. The summed E-state index contributed by atoms with van der Waals surface area (Å²) in [4.78, 5) is 10.3. The Morgan fingerprint density at radius 1 is 0.733 bits per heavy atom. The van der Waals surface area contributed by atoms with Crippen molar-refractivity contribution in [2.45, 2.75) is 34.0 Å². The number of ether oxygens (including phenoxy) is 4. The van der Waals surface area contributed by atoms with Crippen molar-refractivity contribution < 1.29 is 33.8 Å². The monoisotopic (exact) mass is 806 g/mol. The van der Waals surface area contributed by atoms with Gasteiger partial charge in [0.15, 0.2) is 6.29 Å². The first kappa shape index (κ1) is 38.7. The Bertz CT molecular complexity index is 1490. The Hall–Kier alpha value is -2.51. The molecule has 1 heterocycles. The summed E-state index contributed by atoms with van der Waals surface area (Å²) in [6, 6.07) is 22.8. The van der Waals surface area contributed by atoms with Crippen LogP contribution in [0.2, 0.25) is 0 Å². The van der Waals surface area contributed by atoms with Crippen molar-refractivity contribution in [3.05, 3.63) is 120 Å². The van der Waals surface area contributed by atoms with Crippen LogP contribution in [-0.4, -0.2) is 50.9 Å². The topological polar surface area (TPSA) is 94.5 Å². The van der Waals surface area contributed by atoms with Crippen LogP contribution in [0.1, 0.15) is 44.5 Å². The van der Waals surface area contributed by atoms with Crippen LogP contribution >= 0.6 is 47.8 Å². The summed E-state index contributed by atoms with van der Waals surface area (Å²) in [6.07, 6.45) is 0.571. The second-order valence-electron chi connectivity index (χ2n) is 9.86. The fourth-order valence-electron chi connectivity index (χ4n) is 4.16. The molecule has 0 aliphatic carbocycles. The summed E-state index contributed by atoms with van der Waals surface area (Å²) in [7, 11) is 1.87. The highest BCUT2D eigenvalue weighted by atomic mass is 79.9. The number of benzene rings is 4. The van der Waals surface area contributed by atoms with Gasteiger partial charge in [0.2, 0.25) is 0 Å². The molecule has 0 amide bonds. The van der Waals surface area contributed by atoms with E-state index >= 15 is 0 Å². The van der Waals surface area contributed by atoms with E-state index in [1.165, 1.54) is 15.6 Å². The molecule has 0 spiro atoms. The Balaban J connectivity index is 0.000000212. The van der Waals surface area contributed by atoms with Crippen molar-refractivity contribution in [3.63, 3.8) is 0 Å². The quantitative estimate of drug-likeness (QED) is 0.157. The van der Waals surface area contributed by atoms with E-state index in [1.807, 2.05) is 50.2 Å². The zero-order valence-corrected chi connectivity index (χ0v) is 30.9. The Morgan fingerprint density at radius 2 is 1.20 bits per heavy atom. The lowest BCUT2D eigenvalue weighted by Crippen LogP contribution is -2.34. The normalized spacial score (nSPS) is 12.0. The number of rotatable bonds is 5. The van der Waals surface area contributed by atoms with Crippen LogP contribution in [0.25, 0.3) is 0 Å². The first-order valence-corrected chi connectivity index (χ1v) is 16.3. The molecule has 11 heteroatoms. The Labute approximate surface area is 291 Å². The summed E-state index contributed by atoms with van der Waals surface area (Å²) < 4.78 is 23.8. The van der Waals surface area contributed by atoms with Gasteiger partial charge in [0.1, 0.15) is 17.8 Å². The number of hydrogen-bond acceptors (Lipinski definition) is 7. The molecule has 0 saturated carbocycles. The van der Waals surface area contributed by atoms with Crippen molar-refractivity contribution in [2.75, 3.05) is 27.4 Å². The second kappa shape index (κ2) is 19.9. The van der Waals surface area contributed by atoms with Crippen molar-refractivity contribution >= 4 is 66.7 Å². The number of carbonyl (C=O) groups excluding carboxylic acids is 1. The van der Waals surface area contributed by atoms with Gasteiger partial charge in [0.05, 0.1) is 36.4 Å². The summed E-state index contributed by atoms with van der Waals surface area (Å²) >= 11 is 10.2. The summed E-state index contributed by atoms with van der Waals surface area (Å²) in [5.41, 5.74) is 6.70. The van der Waals surface area contributed by atoms with Crippen LogP contribution in [0.4, 0.5) is 0 Å². The Morgan fingerprint density at radius 3 is 1.58 bits per heavy atom. The maximum atomic E-state index is 10.3. The molecule has 0 radical (unpaired) electrons. The third-order valence-corrected chi connectivity index (χ3v) is 9.06. The van der Waals surface area contributed by atoms with E-state index in [4.69, 9.17) is 29.0 Å². The smallest absolute Gasteiger partial charge is 0.488 e. The average molecular weight is 809 g/mol. The first-order chi connectivity index (χ1) is 21.4. The molecule has 1 aliphatic heterocycles. The molecule has 2 N–H and O–H groups in total. The minimum Gasteiger partial charge on any atom is -0.496 e. The zero-order chi connectivity index (χ0) is 33.5. The molecular formula is C34H38BBr3O7. The largest absolute Gasteiger partial charge is 0.496 e. The van der Waals surface area contributed by atoms with Gasteiger partial charge < -0.3 is 29.0 Å². The summed E-state index contributed by atoms with van der Waals surface area (Å²) in [6.45, 7) is 9.24. The second-order valence-corrected chi connectivity index (χ2v) is 12.4. The van der Waals surface area contributed by atoms with Crippen LogP contribution in [0.3, 0.4) is 0 Å². The summed E-state index contributed by atoms with van der Waals surface area (Å²) in [5, 5.41) is 17.9. The predicted molar refractivity (Wildman–Crippen MR) is 191 cm³/mol. The van der Waals surface area contributed by atoms with Crippen molar-refractivity contribution in [2.24, 2.45) is 0 Å². The number of carbonyl (C=O) groups is 1. The van der Waals surface area contributed by atoms with Gasteiger partial charge in [-0.1, -0.05) is 69.5 Å². The maximum Gasteiger partial charge on any atom is 0.488 e.